The predicted octanol–water partition coefficient (Wildman–Crippen LogP) is 8.39. The summed E-state index contributed by atoms with van der Waals surface area (Å²) in [5, 5.41) is 14.5. The van der Waals surface area contributed by atoms with Crippen LogP contribution in [0.1, 0.15) is 88.3 Å². The molecule has 0 unspecified atom stereocenters. The fraction of sp³-hybridized carbons (Fsp3) is 0.719. The van der Waals surface area contributed by atoms with Crippen molar-refractivity contribution in [1.29, 1.82) is 0 Å². The number of carbonyl (C=O) groups is 1. The van der Waals surface area contributed by atoms with E-state index < -0.39 is 19.9 Å². The van der Waals surface area contributed by atoms with Crippen molar-refractivity contribution in [1.82, 2.24) is 4.90 Å². The van der Waals surface area contributed by atoms with Crippen molar-refractivity contribution >= 4 is 37.0 Å². The first-order valence-corrected chi connectivity index (χ1v) is 20.1. The standard InChI is InChI=1S/C32H53NO5S2Si/c1-31(2,3)41(5,6)37-23-10-8-7-9-21-36-22-13-20-33(4)26-16-18-27(19-17-26)38-32(30(34)35,28-14-11-24-39-28)29-15-12-25-40-29/h11-12,14-15,24-27H,7-10,13,16-23H2,1-6H3,(H,34,35)/t26-,27-. The van der Waals surface area contributed by atoms with Gasteiger partial charge in [-0.3, -0.25) is 0 Å². The second-order valence-corrected chi connectivity index (χ2v) is 19.7. The Morgan fingerprint density at radius 2 is 1.49 bits per heavy atom. The van der Waals surface area contributed by atoms with Gasteiger partial charge >= 0.3 is 5.97 Å². The van der Waals surface area contributed by atoms with Gasteiger partial charge in [-0.05, 0) is 93.0 Å². The zero-order chi connectivity index (χ0) is 29.9. The van der Waals surface area contributed by atoms with Crippen molar-refractivity contribution in [3.8, 4) is 0 Å². The van der Waals surface area contributed by atoms with Crippen LogP contribution in [0.3, 0.4) is 0 Å². The van der Waals surface area contributed by atoms with Gasteiger partial charge in [-0.25, -0.2) is 4.79 Å². The lowest BCUT2D eigenvalue weighted by atomic mass is 9.90. The smallest absolute Gasteiger partial charge is 0.347 e. The number of hydrogen-bond donors (Lipinski definition) is 1. The molecule has 0 amide bonds. The highest BCUT2D eigenvalue weighted by molar-refractivity contribution is 7.12. The third-order valence-electron chi connectivity index (χ3n) is 8.90. The first kappa shape index (κ1) is 34.4. The van der Waals surface area contributed by atoms with Gasteiger partial charge in [0.1, 0.15) is 0 Å². The molecular weight excluding hydrogens is 571 g/mol. The SMILES string of the molecule is CN(CCCOCCCCCCO[Si](C)(C)C(C)(C)C)[C@H]1CC[C@H](OC(C(=O)O)(c2cccs2)c2cccs2)CC1. The summed E-state index contributed by atoms with van der Waals surface area (Å²) in [6.07, 6.45) is 9.43. The Balaban J connectivity index is 1.29. The minimum Gasteiger partial charge on any atom is -0.479 e. The maximum absolute atomic E-state index is 12.7. The third-order valence-corrected chi connectivity index (χ3v) is 15.4. The van der Waals surface area contributed by atoms with Gasteiger partial charge in [-0.1, -0.05) is 45.7 Å². The summed E-state index contributed by atoms with van der Waals surface area (Å²) in [6, 6.07) is 8.07. The number of ether oxygens (including phenoxy) is 2. The van der Waals surface area contributed by atoms with Gasteiger partial charge < -0.3 is 23.9 Å². The Bertz CT molecular complexity index is 964. The number of thiophene rings is 2. The van der Waals surface area contributed by atoms with E-state index in [1.807, 2.05) is 35.0 Å². The number of unbranched alkanes of at least 4 members (excludes halogenated alkanes) is 3. The zero-order valence-corrected chi connectivity index (χ0v) is 28.8. The molecule has 232 valence electrons. The van der Waals surface area contributed by atoms with E-state index in [1.54, 1.807) is 0 Å². The van der Waals surface area contributed by atoms with Crippen LogP contribution in [0.4, 0.5) is 0 Å². The molecule has 1 aliphatic rings. The average molecular weight is 624 g/mol. The molecule has 0 bridgehead atoms. The number of carboxylic acid groups (broad SMARTS) is 1. The molecule has 2 aromatic heterocycles. The van der Waals surface area contributed by atoms with Crippen LogP contribution < -0.4 is 0 Å². The molecule has 0 saturated heterocycles. The van der Waals surface area contributed by atoms with Crippen molar-refractivity contribution in [2.75, 3.05) is 33.4 Å². The van der Waals surface area contributed by atoms with Gasteiger partial charge in [0.2, 0.25) is 5.60 Å². The van der Waals surface area contributed by atoms with E-state index in [0.717, 1.165) is 81.1 Å². The van der Waals surface area contributed by atoms with Crippen LogP contribution in [0.15, 0.2) is 35.0 Å². The molecular formula is C32H53NO5S2Si. The summed E-state index contributed by atoms with van der Waals surface area (Å²) in [7, 11) is 0.594. The highest BCUT2D eigenvalue weighted by Crippen LogP contribution is 2.42. The monoisotopic (exact) mass is 623 g/mol. The van der Waals surface area contributed by atoms with Crippen LogP contribution in [-0.2, 0) is 24.3 Å². The molecule has 1 N–H and O–H groups in total. The number of nitrogens with zero attached hydrogens (tertiary/aromatic N) is 1. The highest BCUT2D eigenvalue weighted by Gasteiger charge is 2.48. The van der Waals surface area contributed by atoms with Gasteiger partial charge in [-0.2, -0.15) is 0 Å². The van der Waals surface area contributed by atoms with Gasteiger partial charge in [0, 0.05) is 32.4 Å². The second-order valence-electron chi connectivity index (χ2n) is 13.0. The molecule has 0 spiro atoms. The normalized spacial score (nSPS) is 18.7. The largest absolute Gasteiger partial charge is 0.479 e. The number of carboxylic acids is 1. The molecule has 3 rings (SSSR count). The average Bonchev–Trinajstić information content (AvgIpc) is 3.65. The van der Waals surface area contributed by atoms with E-state index in [-0.39, 0.29) is 11.1 Å². The Morgan fingerprint density at radius 1 is 0.927 bits per heavy atom. The van der Waals surface area contributed by atoms with Crippen molar-refractivity contribution < 1.29 is 23.8 Å². The van der Waals surface area contributed by atoms with Gasteiger partial charge in [0.25, 0.3) is 0 Å². The quantitative estimate of drug-likeness (QED) is 0.133. The number of rotatable bonds is 18. The summed E-state index contributed by atoms with van der Waals surface area (Å²) >= 11 is 2.90. The molecule has 0 aliphatic heterocycles. The molecule has 9 heteroatoms. The van der Waals surface area contributed by atoms with Crippen LogP contribution in [0, 0.1) is 0 Å². The molecule has 0 aromatic carbocycles. The van der Waals surface area contributed by atoms with Crippen molar-refractivity contribution in [2.45, 2.75) is 114 Å². The van der Waals surface area contributed by atoms with Crippen LogP contribution >= 0.6 is 22.7 Å². The van der Waals surface area contributed by atoms with E-state index in [2.05, 4.69) is 45.8 Å². The summed E-state index contributed by atoms with van der Waals surface area (Å²) in [6.45, 7) is 15.1. The Labute approximate surface area is 257 Å². The summed E-state index contributed by atoms with van der Waals surface area (Å²) in [4.78, 5) is 16.6. The highest BCUT2D eigenvalue weighted by atomic mass is 32.1. The van der Waals surface area contributed by atoms with Crippen LogP contribution in [0.5, 0.6) is 0 Å². The van der Waals surface area contributed by atoms with E-state index in [0.29, 0.717) is 6.04 Å². The van der Waals surface area contributed by atoms with Gasteiger partial charge in [-0.15, -0.1) is 22.7 Å². The van der Waals surface area contributed by atoms with Crippen molar-refractivity contribution in [2.24, 2.45) is 0 Å². The van der Waals surface area contributed by atoms with Gasteiger partial charge in [0.05, 0.1) is 15.9 Å². The summed E-state index contributed by atoms with van der Waals surface area (Å²) in [5.41, 5.74) is -1.42. The van der Waals surface area contributed by atoms with E-state index >= 15 is 0 Å². The number of hydrogen-bond acceptors (Lipinski definition) is 7. The molecule has 1 aliphatic carbocycles. The Kier molecular flexibility index (Phi) is 13.5. The molecule has 41 heavy (non-hydrogen) atoms. The minimum atomic E-state index is -1.61. The van der Waals surface area contributed by atoms with Gasteiger partial charge in [0.15, 0.2) is 8.32 Å². The predicted molar refractivity (Wildman–Crippen MR) is 174 cm³/mol. The molecule has 6 nitrogen and oxygen atoms in total. The minimum absolute atomic E-state index is 0.0677. The molecule has 1 fully saturated rings. The number of aliphatic carboxylic acids is 1. The van der Waals surface area contributed by atoms with E-state index in [4.69, 9.17) is 13.9 Å². The maximum Gasteiger partial charge on any atom is 0.347 e. The third kappa shape index (κ3) is 9.71. The molecule has 0 radical (unpaired) electrons. The van der Waals surface area contributed by atoms with Crippen LogP contribution in [0.2, 0.25) is 18.1 Å². The fourth-order valence-electron chi connectivity index (χ4n) is 5.21. The Morgan fingerprint density at radius 3 is 2.00 bits per heavy atom. The van der Waals surface area contributed by atoms with Crippen LogP contribution in [0.25, 0.3) is 0 Å². The van der Waals surface area contributed by atoms with Crippen molar-refractivity contribution in [3.63, 3.8) is 0 Å². The molecule has 2 heterocycles. The van der Waals surface area contributed by atoms with Crippen molar-refractivity contribution in [3.05, 3.63) is 44.8 Å². The first-order chi connectivity index (χ1) is 19.5. The molecule has 1 saturated carbocycles. The van der Waals surface area contributed by atoms with E-state index in [9.17, 15) is 9.90 Å². The topological polar surface area (TPSA) is 68.2 Å². The first-order valence-electron chi connectivity index (χ1n) is 15.4. The lowest BCUT2D eigenvalue weighted by Gasteiger charge is -2.38. The maximum atomic E-state index is 12.7. The lowest BCUT2D eigenvalue weighted by molar-refractivity contribution is -0.170. The molecule has 0 atom stereocenters. The zero-order valence-electron chi connectivity index (χ0n) is 26.2. The lowest BCUT2D eigenvalue weighted by Crippen LogP contribution is -2.44. The summed E-state index contributed by atoms with van der Waals surface area (Å²) in [5.74, 6) is -0.933. The summed E-state index contributed by atoms with van der Waals surface area (Å²) < 4.78 is 18.7. The fourth-order valence-corrected chi connectivity index (χ4v) is 8.11. The molecule has 2 aromatic rings. The van der Waals surface area contributed by atoms with E-state index in [1.165, 1.54) is 35.5 Å². The van der Waals surface area contributed by atoms with Crippen LogP contribution in [-0.4, -0.2) is 69.9 Å². The Hall–Kier alpha value is -1.07. The second kappa shape index (κ2) is 16.1.